The van der Waals surface area contributed by atoms with E-state index in [0.29, 0.717) is 6.42 Å². The zero-order valence-corrected chi connectivity index (χ0v) is 16.4. The number of amides is 1. The molecule has 1 atom stereocenters. The molecule has 4 nitrogen and oxygen atoms in total. The first-order chi connectivity index (χ1) is 12.7. The third-order valence-corrected chi connectivity index (χ3v) is 6.76. The molecule has 0 aliphatic carbocycles. The molecule has 4 rings (SSSR count). The second-order valence-electron chi connectivity index (χ2n) is 6.96. The van der Waals surface area contributed by atoms with Gasteiger partial charge in [0.05, 0.1) is 0 Å². The lowest BCUT2D eigenvalue weighted by atomic mass is 10.0. The Bertz CT molecular complexity index is 778. The van der Waals surface area contributed by atoms with Crippen LogP contribution < -0.4 is 5.32 Å². The molecule has 138 valence electrons. The van der Waals surface area contributed by atoms with E-state index in [-0.39, 0.29) is 11.9 Å². The summed E-state index contributed by atoms with van der Waals surface area (Å²) in [6.07, 6.45) is 1.56. The van der Waals surface area contributed by atoms with Crippen molar-refractivity contribution in [2.24, 2.45) is 0 Å². The summed E-state index contributed by atoms with van der Waals surface area (Å²) in [5.74, 6) is 0.262. The second kappa shape index (κ2) is 8.09. The SMILES string of the molecule is O=C(CCN1CCNCC1c1ccccc1Cl)N1CCc2sccc2C1. The minimum absolute atomic E-state index is 0.232. The van der Waals surface area contributed by atoms with Gasteiger partial charge in [0.1, 0.15) is 0 Å². The molecule has 6 heteroatoms. The zero-order valence-electron chi connectivity index (χ0n) is 14.8. The third-order valence-electron chi connectivity index (χ3n) is 5.39. The average Bonchev–Trinajstić information content (AvgIpc) is 3.14. The fourth-order valence-corrected chi connectivity index (χ4v) is 5.08. The van der Waals surface area contributed by atoms with Gasteiger partial charge in [0.15, 0.2) is 0 Å². The summed E-state index contributed by atoms with van der Waals surface area (Å²) >= 11 is 8.22. The fraction of sp³-hybridized carbons (Fsp3) is 0.450. The monoisotopic (exact) mass is 389 g/mol. The van der Waals surface area contributed by atoms with Crippen molar-refractivity contribution in [3.8, 4) is 0 Å². The van der Waals surface area contributed by atoms with Gasteiger partial charge in [0, 0.05) is 61.6 Å². The van der Waals surface area contributed by atoms with E-state index >= 15 is 0 Å². The van der Waals surface area contributed by atoms with Gasteiger partial charge in [-0.2, -0.15) is 0 Å². The van der Waals surface area contributed by atoms with E-state index in [0.717, 1.165) is 56.3 Å². The Hall–Kier alpha value is -1.40. The van der Waals surface area contributed by atoms with E-state index in [2.05, 4.69) is 27.7 Å². The van der Waals surface area contributed by atoms with Crippen molar-refractivity contribution in [2.75, 3.05) is 32.7 Å². The van der Waals surface area contributed by atoms with Gasteiger partial charge in [-0.1, -0.05) is 29.8 Å². The lowest BCUT2D eigenvalue weighted by molar-refractivity contribution is -0.132. The molecule has 2 aliphatic heterocycles. The van der Waals surface area contributed by atoms with Crippen LogP contribution in [0, 0.1) is 0 Å². The lowest BCUT2D eigenvalue weighted by Crippen LogP contribution is -2.47. The molecule has 2 aliphatic rings. The van der Waals surface area contributed by atoms with Gasteiger partial charge in [0.2, 0.25) is 5.91 Å². The minimum atomic E-state index is 0.232. The standard InChI is InChI=1S/C20H24ClN3OS/c21-17-4-2-1-3-16(17)18-13-22-8-11-23(18)10-6-20(25)24-9-5-19-15(14-24)7-12-26-19/h1-4,7,12,18,22H,5-6,8-11,13-14H2. The summed E-state index contributed by atoms with van der Waals surface area (Å²) in [6.45, 7) is 5.17. The Morgan fingerprint density at radius 2 is 2.15 bits per heavy atom. The van der Waals surface area contributed by atoms with E-state index in [9.17, 15) is 4.79 Å². The number of fused-ring (bicyclic) bond motifs is 1. The lowest BCUT2D eigenvalue weighted by Gasteiger charge is -2.37. The number of carbonyl (C=O) groups is 1. The Balaban J connectivity index is 1.38. The largest absolute Gasteiger partial charge is 0.338 e. The number of nitrogens with one attached hydrogen (secondary N) is 1. The van der Waals surface area contributed by atoms with Gasteiger partial charge in [-0.3, -0.25) is 9.69 Å². The summed E-state index contributed by atoms with van der Waals surface area (Å²) in [5, 5.41) is 6.39. The number of hydrogen-bond acceptors (Lipinski definition) is 4. The van der Waals surface area contributed by atoms with Gasteiger partial charge < -0.3 is 10.2 Å². The molecular formula is C20H24ClN3OS. The second-order valence-corrected chi connectivity index (χ2v) is 8.37. The third kappa shape index (κ3) is 3.81. The quantitative estimate of drug-likeness (QED) is 0.871. The Labute approximate surface area is 163 Å². The van der Waals surface area contributed by atoms with Crippen LogP contribution >= 0.6 is 22.9 Å². The first-order valence-corrected chi connectivity index (χ1v) is 10.5. The van der Waals surface area contributed by atoms with Crippen LogP contribution in [0.5, 0.6) is 0 Å². The van der Waals surface area contributed by atoms with Crippen LogP contribution in [-0.4, -0.2) is 48.4 Å². The van der Waals surface area contributed by atoms with Crippen LogP contribution in [-0.2, 0) is 17.8 Å². The van der Waals surface area contributed by atoms with E-state index < -0.39 is 0 Å². The van der Waals surface area contributed by atoms with Crippen molar-refractivity contribution in [3.05, 3.63) is 56.7 Å². The van der Waals surface area contributed by atoms with Crippen molar-refractivity contribution in [1.29, 1.82) is 0 Å². The predicted molar refractivity (Wildman–Crippen MR) is 107 cm³/mol. The van der Waals surface area contributed by atoms with Crippen LogP contribution in [0.15, 0.2) is 35.7 Å². The van der Waals surface area contributed by atoms with Crippen molar-refractivity contribution >= 4 is 28.8 Å². The van der Waals surface area contributed by atoms with E-state index in [1.54, 1.807) is 0 Å². The van der Waals surface area contributed by atoms with Crippen molar-refractivity contribution in [3.63, 3.8) is 0 Å². The number of rotatable bonds is 4. The molecule has 1 N–H and O–H groups in total. The molecule has 26 heavy (non-hydrogen) atoms. The van der Waals surface area contributed by atoms with Crippen LogP contribution in [0.4, 0.5) is 0 Å². The minimum Gasteiger partial charge on any atom is -0.338 e. The molecule has 0 bridgehead atoms. The summed E-state index contributed by atoms with van der Waals surface area (Å²) in [7, 11) is 0. The van der Waals surface area contributed by atoms with Gasteiger partial charge in [-0.15, -0.1) is 11.3 Å². The number of halogens is 1. The molecule has 0 spiro atoms. The van der Waals surface area contributed by atoms with E-state index in [4.69, 9.17) is 11.6 Å². The van der Waals surface area contributed by atoms with Crippen LogP contribution in [0.2, 0.25) is 5.02 Å². The fourth-order valence-electron chi connectivity index (χ4n) is 3.92. The van der Waals surface area contributed by atoms with Gasteiger partial charge in [-0.05, 0) is 35.1 Å². The molecule has 3 heterocycles. The van der Waals surface area contributed by atoms with Crippen molar-refractivity contribution < 1.29 is 4.79 Å². The van der Waals surface area contributed by atoms with Crippen molar-refractivity contribution in [1.82, 2.24) is 15.1 Å². The van der Waals surface area contributed by atoms with E-state index in [1.165, 1.54) is 10.4 Å². The number of thiophene rings is 1. The summed E-state index contributed by atoms with van der Waals surface area (Å²) < 4.78 is 0. The zero-order chi connectivity index (χ0) is 17.9. The van der Waals surface area contributed by atoms with Crippen LogP contribution in [0.1, 0.15) is 28.5 Å². The molecule has 1 aromatic carbocycles. The predicted octanol–water partition coefficient (Wildman–Crippen LogP) is 3.32. The molecule has 2 aromatic rings. The maximum Gasteiger partial charge on any atom is 0.224 e. The number of benzene rings is 1. The number of carbonyl (C=O) groups excluding carboxylic acids is 1. The Morgan fingerprint density at radius 1 is 1.27 bits per heavy atom. The highest BCUT2D eigenvalue weighted by molar-refractivity contribution is 7.10. The van der Waals surface area contributed by atoms with E-state index in [1.807, 2.05) is 34.4 Å². The van der Waals surface area contributed by atoms with Gasteiger partial charge in [-0.25, -0.2) is 0 Å². The highest BCUT2D eigenvalue weighted by Gasteiger charge is 2.27. The molecule has 0 saturated carbocycles. The maximum absolute atomic E-state index is 12.7. The summed E-state index contributed by atoms with van der Waals surface area (Å²) in [6, 6.07) is 10.4. The Kier molecular flexibility index (Phi) is 5.60. The topological polar surface area (TPSA) is 35.6 Å². The highest BCUT2D eigenvalue weighted by Crippen LogP contribution is 2.29. The number of hydrogen-bond donors (Lipinski definition) is 1. The number of piperazine rings is 1. The van der Waals surface area contributed by atoms with Gasteiger partial charge in [0.25, 0.3) is 0 Å². The molecule has 1 saturated heterocycles. The number of nitrogens with zero attached hydrogens (tertiary/aromatic N) is 2. The molecular weight excluding hydrogens is 366 g/mol. The first-order valence-electron chi connectivity index (χ1n) is 9.24. The molecule has 1 aromatic heterocycles. The molecule has 1 amide bonds. The Morgan fingerprint density at radius 3 is 3.04 bits per heavy atom. The molecule has 1 fully saturated rings. The summed E-state index contributed by atoms with van der Waals surface area (Å²) in [4.78, 5) is 18.6. The van der Waals surface area contributed by atoms with Gasteiger partial charge >= 0.3 is 0 Å². The van der Waals surface area contributed by atoms with Crippen molar-refractivity contribution in [2.45, 2.75) is 25.4 Å². The smallest absolute Gasteiger partial charge is 0.224 e. The summed E-state index contributed by atoms with van der Waals surface area (Å²) in [5.41, 5.74) is 2.47. The van der Waals surface area contributed by atoms with Crippen LogP contribution in [0.3, 0.4) is 0 Å². The normalized spacial score (nSPS) is 20.8. The van der Waals surface area contributed by atoms with Crippen LogP contribution in [0.25, 0.3) is 0 Å². The maximum atomic E-state index is 12.7. The first kappa shape index (κ1) is 18.0. The average molecular weight is 390 g/mol. The molecule has 1 unspecified atom stereocenters. The molecule has 0 radical (unpaired) electrons. The highest BCUT2D eigenvalue weighted by atomic mass is 35.5.